The van der Waals surface area contributed by atoms with E-state index in [0.29, 0.717) is 6.04 Å². The molecule has 0 bridgehead atoms. The van der Waals surface area contributed by atoms with Crippen molar-refractivity contribution < 1.29 is 0 Å². The van der Waals surface area contributed by atoms with E-state index in [1.54, 1.807) is 0 Å². The summed E-state index contributed by atoms with van der Waals surface area (Å²) in [6.45, 7) is 9.08. The van der Waals surface area contributed by atoms with Crippen LogP contribution in [0.25, 0.3) is 0 Å². The van der Waals surface area contributed by atoms with Crippen molar-refractivity contribution in [3.8, 4) is 0 Å². The van der Waals surface area contributed by atoms with Crippen LogP contribution in [0, 0.1) is 13.8 Å². The third-order valence-corrected chi connectivity index (χ3v) is 3.01. The Bertz CT molecular complexity index is 536. The summed E-state index contributed by atoms with van der Waals surface area (Å²) in [6, 6.07) is 2.44. The molecule has 0 atom stereocenters. The van der Waals surface area contributed by atoms with Gasteiger partial charge in [0.2, 0.25) is 0 Å². The van der Waals surface area contributed by atoms with Gasteiger partial charge >= 0.3 is 0 Å². The van der Waals surface area contributed by atoms with Gasteiger partial charge in [0, 0.05) is 37.5 Å². The van der Waals surface area contributed by atoms with Crippen molar-refractivity contribution in [3.05, 3.63) is 29.2 Å². The fraction of sp³-hybridized carbons (Fsp3) is 0.538. The molecule has 0 fully saturated rings. The van der Waals surface area contributed by atoms with Crippen LogP contribution in [-0.4, -0.2) is 19.6 Å². The molecule has 18 heavy (non-hydrogen) atoms. The zero-order valence-corrected chi connectivity index (χ0v) is 11.7. The van der Waals surface area contributed by atoms with Crippen molar-refractivity contribution in [2.75, 3.05) is 5.32 Å². The number of hydrogen-bond donors (Lipinski definition) is 1. The third-order valence-electron chi connectivity index (χ3n) is 3.01. The topological polar surface area (TPSA) is 47.7 Å². The first-order valence-corrected chi connectivity index (χ1v) is 6.26. The molecule has 0 aromatic carbocycles. The first-order valence-electron chi connectivity index (χ1n) is 6.26. The van der Waals surface area contributed by atoms with Gasteiger partial charge in [0.05, 0.1) is 11.4 Å². The molecule has 0 radical (unpaired) electrons. The number of aromatic nitrogens is 4. The number of nitrogens with zero attached hydrogens (tertiary/aromatic N) is 4. The normalized spacial score (nSPS) is 11.2. The van der Waals surface area contributed by atoms with Crippen LogP contribution in [-0.2, 0) is 13.6 Å². The average Bonchev–Trinajstić information content (AvgIpc) is 2.79. The summed E-state index contributed by atoms with van der Waals surface area (Å²) >= 11 is 0. The van der Waals surface area contributed by atoms with E-state index in [9.17, 15) is 0 Å². The maximum Gasteiger partial charge on any atom is 0.124 e. The second kappa shape index (κ2) is 4.84. The smallest absolute Gasteiger partial charge is 0.124 e. The number of anilines is 1. The predicted molar refractivity (Wildman–Crippen MR) is 72.6 cm³/mol. The van der Waals surface area contributed by atoms with Crippen LogP contribution in [0.4, 0.5) is 5.82 Å². The van der Waals surface area contributed by atoms with E-state index in [2.05, 4.69) is 35.6 Å². The molecule has 0 spiro atoms. The highest BCUT2D eigenvalue weighted by atomic mass is 15.3. The molecule has 0 aliphatic rings. The minimum Gasteiger partial charge on any atom is -0.366 e. The molecule has 2 rings (SSSR count). The van der Waals surface area contributed by atoms with E-state index in [4.69, 9.17) is 0 Å². The number of rotatable bonds is 4. The van der Waals surface area contributed by atoms with Crippen molar-refractivity contribution in [3.63, 3.8) is 0 Å². The molecule has 5 nitrogen and oxygen atoms in total. The van der Waals surface area contributed by atoms with Gasteiger partial charge in [-0.3, -0.25) is 9.36 Å². The summed E-state index contributed by atoms with van der Waals surface area (Å²) in [5.74, 6) is 1.03. The van der Waals surface area contributed by atoms with Gasteiger partial charge < -0.3 is 5.32 Å². The van der Waals surface area contributed by atoms with Crippen molar-refractivity contribution in [1.29, 1.82) is 0 Å². The fourth-order valence-electron chi connectivity index (χ4n) is 1.92. The lowest BCUT2D eigenvalue weighted by Gasteiger charge is -2.05. The molecule has 0 amide bonds. The first kappa shape index (κ1) is 12.7. The minimum atomic E-state index is 0.399. The fourth-order valence-corrected chi connectivity index (χ4v) is 1.92. The number of nitrogens with one attached hydrogen (secondary N) is 1. The van der Waals surface area contributed by atoms with E-state index >= 15 is 0 Å². The quantitative estimate of drug-likeness (QED) is 0.902. The van der Waals surface area contributed by atoms with Crippen molar-refractivity contribution in [2.24, 2.45) is 7.05 Å². The molecular weight excluding hydrogens is 226 g/mol. The molecule has 0 unspecified atom stereocenters. The second-order valence-corrected chi connectivity index (χ2v) is 4.96. The van der Waals surface area contributed by atoms with Crippen LogP contribution < -0.4 is 5.32 Å². The Morgan fingerprint density at radius 1 is 1.28 bits per heavy atom. The van der Waals surface area contributed by atoms with Crippen molar-refractivity contribution >= 4 is 5.82 Å². The van der Waals surface area contributed by atoms with Crippen LogP contribution in [0.3, 0.4) is 0 Å². The molecule has 0 saturated heterocycles. The molecule has 2 aromatic rings. The van der Waals surface area contributed by atoms with E-state index in [1.807, 2.05) is 36.3 Å². The summed E-state index contributed by atoms with van der Waals surface area (Å²) in [5, 5.41) is 12.2. The van der Waals surface area contributed by atoms with Gasteiger partial charge in [0.15, 0.2) is 0 Å². The minimum absolute atomic E-state index is 0.399. The maximum atomic E-state index is 4.50. The lowest BCUT2D eigenvalue weighted by atomic mass is 10.2. The Labute approximate surface area is 108 Å². The van der Waals surface area contributed by atoms with Crippen LogP contribution >= 0.6 is 0 Å². The SMILES string of the molecule is Cc1cc(NCc2cn(C(C)C)nc2C)n(C)n1. The lowest BCUT2D eigenvalue weighted by molar-refractivity contribution is 0.529. The molecular formula is C13H21N5. The van der Waals surface area contributed by atoms with Crippen molar-refractivity contribution in [1.82, 2.24) is 19.6 Å². The summed E-state index contributed by atoms with van der Waals surface area (Å²) in [4.78, 5) is 0. The van der Waals surface area contributed by atoms with E-state index < -0.39 is 0 Å². The predicted octanol–water partition coefficient (Wildman–Crippen LogP) is 2.43. The van der Waals surface area contributed by atoms with E-state index in [0.717, 1.165) is 23.8 Å². The first-order chi connectivity index (χ1) is 8.47. The highest BCUT2D eigenvalue weighted by Crippen LogP contribution is 2.14. The molecule has 0 aliphatic carbocycles. The van der Waals surface area contributed by atoms with Crippen LogP contribution in [0.5, 0.6) is 0 Å². The highest BCUT2D eigenvalue weighted by molar-refractivity contribution is 5.37. The Kier molecular flexibility index (Phi) is 3.41. The van der Waals surface area contributed by atoms with Crippen LogP contribution in [0.15, 0.2) is 12.3 Å². The standard InChI is InChI=1S/C13H21N5/c1-9(2)18-8-12(11(4)16-18)7-14-13-6-10(3)15-17(13)5/h6,8-9,14H,7H2,1-5H3. The largest absolute Gasteiger partial charge is 0.366 e. The summed E-state index contributed by atoms with van der Waals surface area (Å²) in [7, 11) is 1.94. The van der Waals surface area contributed by atoms with Gasteiger partial charge in [-0.1, -0.05) is 0 Å². The Hall–Kier alpha value is -1.78. The summed E-state index contributed by atoms with van der Waals surface area (Å²) in [5.41, 5.74) is 3.33. The number of aryl methyl sites for hydroxylation is 3. The van der Waals surface area contributed by atoms with Gasteiger partial charge in [-0.15, -0.1) is 0 Å². The summed E-state index contributed by atoms with van der Waals surface area (Å²) < 4.78 is 3.86. The molecule has 2 aromatic heterocycles. The zero-order valence-electron chi connectivity index (χ0n) is 11.7. The van der Waals surface area contributed by atoms with Crippen LogP contribution in [0.1, 0.15) is 36.8 Å². The van der Waals surface area contributed by atoms with Crippen LogP contribution in [0.2, 0.25) is 0 Å². The van der Waals surface area contributed by atoms with Gasteiger partial charge in [0.25, 0.3) is 0 Å². The molecule has 0 aliphatic heterocycles. The zero-order chi connectivity index (χ0) is 13.3. The highest BCUT2D eigenvalue weighted by Gasteiger charge is 2.08. The van der Waals surface area contributed by atoms with Gasteiger partial charge in [0.1, 0.15) is 5.82 Å². The Balaban J connectivity index is 2.08. The molecule has 98 valence electrons. The van der Waals surface area contributed by atoms with E-state index in [-0.39, 0.29) is 0 Å². The Morgan fingerprint density at radius 3 is 2.50 bits per heavy atom. The molecule has 1 N–H and O–H groups in total. The maximum absolute atomic E-state index is 4.50. The molecule has 0 saturated carbocycles. The third kappa shape index (κ3) is 2.55. The van der Waals surface area contributed by atoms with Gasteiger partial charge in [-0.25, -0.2) is 0 Å². The second-order valence-electron chi connectivity index (χ2n) is 4.96. The summed E-state index contributed by atoms with van der Waals surface area (Å²) in [6.07, 6.45) is 2.11. The molecule has 5 heteroatoms. The average molecular weight is 247 g/mol. The molecule has 2 heterocycles. The van der Waals surface area contributed by atoms with Crippen molar-refractivity contribution in [2.45, 2.75) is 40.3 Å². The monoisotopic (exact) mass is 247 g/mol. The van der Waals surface area contributed by atoms with Gasteiger partial charge in [-0.05, 0) is 27.7 Å². The lowest BCUT2D eigenvalue weighted by Crippen LogP contribution is -2.05. The number of hydrogen-bond acceptors (Lipinski definition) is 3. The Morgan fingerprint density at radius 2 is 2.00 bits per heavy atom. The van der Waals surface area contributed by atoms with Gasteiger partial charge in [-0.2, -0.15) is 10.2 Å². The van der Waals surface area contributed by atoms with E-state index in [1.165, 1.54) is 5.56 Å².